The first-order valence-electron chi connectivity index (χ1n) is 6.35. The Kier molecular flexibility index (Phi) is 4.20. The molecule has 1 aliphatic rings. The van der Waals surface area contributed by atoms with Gasteiger partial charge >= 0.3 is 0 Å². The Labute approximate surface area is 108 Å². The molecule has 0 spiro atoms. The molecule has 1 heterocycles. The first kappa shape index (κ1) is 12.9. The molecule has 4 nitrogen and oxygen atoms in total. The second-order valence-corrected chi connectivity index (χ2v) is 4.82. The van der Waals surface area contributed by atoms with Gasteiger partial charge in [0.1, 0.15) is 5.75 Å². The SMILES string of the molecule is COc1ccccc1CC1CCNC(C(N)=O)C1. The summed E-state index contributed by atoms with van der Waals surface area (Å²) in [6.45, 7) is 0.855. The summed E-state index contributed by atoms with van der Waals surface area (Å²) in [6, 6.07) is 7.86. The van der Waals surface area contributed by atoms with Gasteiger partial charge in [0.25, 0.3) is 0 Å². The fraction of sp³-hybridized carbons (Fsp3) is 0.500. The van der Waals surface area contributed by atoms with E-state index in [1.54, 1.807) is 7.11 Å². The first-order valence-corrected chi connectivity index (χ1v) is 6.35. The molecular weight excluding hydrogens is 228 g/mol. The van der Waals surface area contributed by atoms with Crippen molar-refractivity contribution in [3.8, 4) is 5.75 Å². The van der Waals surface area contributed by atoms with Crippen molar-refractivity contribution in [3.63, 3.8) is 0 Å². The summed E-state index contributed by atoms with van der Waals surface area (Å²) in [5.74, 6) is 1.16. The number of amides is 1. The van der Waals surface area contributed by atoms with Crippen LogP contribution < -0.4 is 15.8 Å². The molecular formula is C14H20N2O2. The van der Waals surface area contributed by atoms with E-state index in [1.165, 1.54) is 5.56 Å². The zero-order valence-corrected chi connectivity index (χ0v) is 10.7. The van der Waals surface area contributed by atoms with Crippen LogP contribution >= 0.6 is 0 Å². The van der Waals surface area contributed by atoms with E-state index in [1.807, 2.05) is 18.2 Å². The average molecular weight is 248 g/mol. The molecule has 1 aliphatic heterocycles. The third kappa shape index (κ3) is 3.01. The number of hydrogen-bond donors (Lipinski definition) is 2. The van der Waals surface area contributed by atoms with Crippen molar-refractivity contribution in [2.75, 3.05) is 13.7 Å². The van der Waals surface area contributed by atoms with Crippen LogP contribution in [-0.4, -0.2) is 25.6 Å². The van der Waals surface area contributed by atoms with Crippen molar-refractivity contribution in [1.29, 1.82) is 0 Å². The summed E-state index contributed by atoms with van der Waals surface area (Å²) in [6.07, 6.45) is 2.82. The second kappa shape index (κ2) is 5.87. The van der Waals surface area contributed by atoms with Gasteiger partial charge in [0.15, 0.2) is 0 Å². The Morgan fingerprint density at radius 1 is 1.50 bits per heavy atom. The largest absolute Gasteiger partial charge is 0.496 e. The van der Waals surface area contributed by atoms with Crippen LogP contribution in [0.25, 0.3) is 0 Å². The maximum absolute atomic E-state index is 11.2. The molecule has 3 N–H and O–H groups in total. The zero-order valence-electron chi connectivity index (χ0n) is 10.7. The number of carbonyl (C=O) groups excluding carboxylic acids is 1. The minimum atomic E-state index is -0.250. The van der Waals surface area contributed by atoms with Crippen LogP contribution in [0.4, 0.5) is 0 Å². The van der Waals surface area contributed by atoms with Gasteiger partial charge in [-0.15, -0.1) is 0 Å². The Balaban J connectivity index is 2.02. The number of primary amides is 1. The fourth-order valence-corrected chi connectivity index (χ4v) is 2.58. The summed E-state index contributed by atoms with van der Waals surface area (Å²) < 4.78 is 5.35. The van der Waals surface area contributed by atoms with Crippen LogP contribution in [0.15, 0.2) is 24.3 Å². The Morgan fingerprint density at radius 2 is 2.28 bits per heavy atom. The minimum absolute atomic E-state index is 0.182. The molecule has 1 fully saturated rings. The van der Waals surface area contributed by atoms with Crippen molar-refractivity contribution in [2.45, 2.75) is 25.3 Å². The van der Waals surface area contributed by atoms with Crippen LogP contribution in [-0.2, 0) is 11.2 Å². The molecule has 0 aliphatic carbocycles. The number of ether oxygens (including phenoxy) is 1. The van der Waals surface area contributed by atoms with Crippen LogP contribution in [0, 0.1) is 5.92 Å². The van der Waals surface area contributed by atoms with E-state index in [2.05, 4.69) is 11.4 Å². The van der Waals surface area contributed by atoms with Gasteiger partial charge in [0.05, 0.1) is 13.2 Å². The second-order valence-electron chi connectivity index (χ2n) is 4.82. The maximum atomic E-state index is 11.2. The van der Waals surface area contributed by atoms with Gasteiger partial charge in [0, 0.05) is 0 Å². The molecule has 1 aromatic rings. The number of methoxy groups -OCH3 is 1. The lowest BCUT2D eigenvalue weighted by atomic mass is 9.86. The zero-order chi connectivity index (χ0) is 13.0. The number of rotatable bonds is 4. The number of hydrogen-bond acceptors (Lipinski definition) is 3. The first-order chi connectivity index (χ1) is 8.70. The highest BCUT2D eigenvalue weighted by Crippen LogP contribution is 2.26. The number of nitrogens with two attached hydrogens (primary N) is 1. The molecule has 2 atom stereocenters. The van der Waals surface area contributed by atoms with Gasteiger partial charge in [0.2, 0.25) is 5.91 Å². The number of nitrogens with one attached hydrogen (secondary N) is 1. The maximum Gasteiger partial charge on any atom is 0.234 e. The molecule has 2 rings (SSSR count). The molecule has 1 saturated heterocycles. The van der Waals surface area contributed by atoms with Gasteiger partial charge in [-0.1, -0.05) is 18.2 Å². The third-order valence-electron chi connectivity index (χ3n) is 3.56. The van der Waals surface area contributed by atoms with Crippen molar-refractivity contribution in [2.24, 2.45) is 11.7 Å². The predicted molar refractivity (Wildman–Crippen MR) is 70.4 cm³/mol. The summed E-state index contributed by atoms with van der Waals surface area (Å²) in [5.41, 5.74) is 6.56. The molecule has 0 aromatic heterocycles. The van der Waals surface area contributed by atoms with Crippen LogP contribution in [0.2, 0.25) is 0 Å². The van der Waals surface area contributed by atoms with Crippen molar-refractivity contribution in [3.05, 3.63) is 29.8 Å². The summed E-state index contributed by atoms with van der Waals surface area (Å²) in [7, 11) is 1.69. The van der Waals surface area contributed by atoms with Gasteiger partial charge in [-0.2, -0.15) is 0 Å². The quantitative estimate of drug-likeness (QED) is 0.838. The Morgan fingerprint density at radius 3 is 3.00 bits per heavy atom. The van der Waals surface area contributed by atoms with Crippen molar-refractivity contribution in [1.82, 2.24) is 5.32 Å². The smallest absolute Gasteiger partial charge is 0.234 e. The average Bonchev–Trinajstić information content (AvgIpc) is 2.39. The van der Waals surface area contributed by atoms with Crippen molar-refractivity contribution >= 4 is 5.91 Å². The normalized spacial score (nSPS) is 23.6. The number of piperidine rings is 1. The lowest BCUT2D eigenvalue weighted by Gasteiger charge is -2.28. The highest BCUT2D eigenvalue weighted by Gasteiger charge is 2.25. The summed E-state index contributed by atoms with van der Waals surface area (Å²) in [4.78, 5) is 11.2. The van der Waals surface area contributed by atoms with Gasteiger partial charge < -0.3 is 15.8 Å². The highest BCUT2D eigenvalue weighted by molar-refractivity contribution is 5.79. The lowest BCUT2D eigenvalue weighted by molar-refractivity contribution is -0.120. The van der Waals surface area contributed by atoms with Crippen LogP contribution in [0.5, 0.6) is 5.75 Å². The molecule has 0 bridgehead atoms. The van der Waals surface area contributed by atoms with E-state index in [4.69, 9.17) is 10.5 Å². The molecule has 0 saturated carbocycles. The van der Waals surface area contributed by atoms with Gasteiger partial charge in [-0.25, -0.2) is 0 Å². The summed E-state index contributed by atoms with van der Waals surface area (Å²) in [5, 5.41) is 3.16. The predicted octanol–water partition coefficient (Wildman–Crippen LogP) is 1.09. The molecule has 4 heteroatoms. The van der Waals surface area contributed by atoms with Crippen LogP contribution in [0.1, 0.15) is 18.4 Å². The summed E-state index contributed by atoms with van der Waals surface area (Å²) >= 11 is 0. The van der Waals surface area contributed by atoms with E-state index in [0.717, 1.165) is 31.6 Å². The molecule has 1 amide bonds. The lowest BCUT2D eigenvalue weighted by Crippen LogP contribution is -2.47. The minimum Gasteiger partial charge on any atom is -0.496 e. The Bertz CT molecular complexity index is 420. The van der Waals surface area contributed by atoms with Crippen LogP contribution in [0.3, 0.4) is 0 Å². The van der Waals surface area contributed by atoms with E-state index in [9.17, 15) is 4.79 Å². The van der Waals surface area contributed by atoms with Gasteiger partial charge in [-0.3, -0.25) is 4.79 Å². The monoisotopic (exact) mass is 248 g/mol. The molecule has 18 heavy (non-hydrogen) atoms. The van der Waals surface area contributed by atoms with E-state index in [0.29, 0.717) is 5.92 Å². The standard InChI is InChI=1S/C14H20N2O2/c1-18-13-5-3-2-4-11(13)8-10-6-7-16-12(9-10)14(15)17/h2-5,10,12,16H,6-9H2,1H3,(H2,15,17). The van der Waals surface area contributed by atoms with Crippen molar-refractivity contribution < 1.29 is 9.53 Å². The number of para-hydroxylation sites is 1. The number of benzene rings is 1. The highest BCUT2D eigenvalue weighted by atomic mass is 16.5. The van der Waals surface area contributed by atoms with E-state index in [-0.39, 0.29) is 11.9 Å². The fourth-order valence-electron chi connectivity index (χ4n) is 2.58. The van der Waals surface area contributed by atoms with E-state index >= 15 is 0 Å². The molecule has 98 valence electrons. The molecule has 2 unspecified atom stereocenters. The van der Waals surface area contributed by atoms with E-state index < -0.39 is 0 Å². The Hall–Kier alpha value is -1.55. The van der Waals surface area contributed by atoms with Gasteiger partial charge in [-0.05, 0) is 43.4 Å². The molecule has 1 aromatic carbocycles. The molecule has 0 radical (unpaired) electrons. The topological polar surface area (TPSA) is 64.3 Å². The number of carbonyl (C=O) groups is 1. The third-order valence-corrected chi connectivity index (χ3v) is 3.56.